The van der Waals surface area contributed by atoms with Gasteiger partial charge in [0.1, 0.15) is 28.3 Å². The van der Waals surface area contributed by atoms with Gasteiger partial charge in [0.15, 0.2) is 7.14 Å². The van der Waals surface area contributed by atoms with Crippen LogP contribution in [-0.2, 0) is 4.57 Å². The molecule has 0 unspecified atom stereocenters. The van der Waals surface area contributed by atoms with Crippen LogP contribution in [-0.4, -0.2) is 0 Å². The van der Waals surface area contributed by atoms with E-state index in [1.165, 1.54) is 0 Å². The Morgan fingerprint density at radius 1 is 0.417 bits per heavy atom. The Bertz CT molecular complexity index is 2280. The van der Waals surface area contributed by atoms with Crippen molar-refractivity contribution < 1.29 is 14.0 Å². The SMILES string of the molecule is Cc1ccccc1-c1cc(-c2ccccc2C)c2c3c1Oc1cc(-c4ccccc4)ccc1P3(=O)c1ccc(-c3ccccc3)cc1O2. The van der Waals surface area contributed by atoms with Gasteiger partial charge in [0.05, 0.1) is 10.6 Å². The molecule has 4 heteroatoms. The molecule has 0 N–H and O–H groups in total. The maximum absolute atomic E-state index is 16.4. The number of hydrogen-bond donors (Lipinski definition) is 0. The molecule has 2 heterocycles. The van der Waals surface area contributed by atoms with Crippen LogP contribution < -0.4 is 25.4 Å². The first-order valence-corrected chi connectivity index (χ1v) is 17.9. The Hall–Kier alpha value is -5.63. The largest absolute Gasteiger partial charge is 0.455 e. The molecule has 0 saturated heterocycles. The van der Waals surface area contributed by atoms with Crippen LogP contribution in [0, 0.1) is 13.8 Å². The predicted octanol–water partition coefficient (Wildman–Crippen LogP) is 10.8. The second kappa shape index (κ2) is 11.0. The lowest BCUT2D eigenvalue weighted by molar-refractivity contribution is 0.464. The summed E-state index contributed by atoms with van der Waals surface area (Å²) >= 11 is 0. The zero-order valence-corrected chi connectivity index (χ0v) is 27.5. The highest BCUT2D eigenvalue weighted by Crippen LogP contribution is 2.62. The fourth-order valence-corrected chi connectivity index (χ4v) is 10.3. The molecule has 0 bridgehead atoms. The lowest BCUT2D eigenvalue weighted by Gasteiger charge is -2.37. The first-order valence-electron chi connectivity index (χ1n) is 16.2. The monoisotopic (exact) mass is 638 g/mol. The van der Waals surface area contributed by atoms with Crippen molar-refractivity contribution in [2.24, 2.45) is 0 Å². The molecule has 0 radical (unpaired) electrons. The molecule has 7 aromatic carbocycles. The molecular formula is C44H31O3P. The fraction of sp³-hybridized carbons (Fsp3) is 0.0455. The first-order chi connectivity index (χ1) is 23.5. The molecule has 9 rings (SSSR count). The molecule has 0 spiro atoms. The second-order valence-corrected chi connectivity index (χ2v) is 15.1. The summed E-state index contributed by atoms with van der Waals surface area (Å²) in [6, 6.07) is 51.5. The Morgan fingerprint density at radius 3 is 1.27 bits per heavy atom. The Balaban J connectivity index is 1.39. The molecule has 0 fully saturated rings. The average molecular weight is 639 g/mol. The van der Waals surface area contributed by atoms with Gasteiger partial charge < -0.3 is 14.0 Å². The van der Waals surface area contributed by atoms with Crippen LogP contribution in [0.4, 0.5) is 0 Å². The summed E-state index contributed by atoms with van der Waals surface area (Å²) in [5, 5.41) is 2.00. The van der Waals surface area contributed by atoms with Gasteiger partial charge in [0, 0.05) is 11.1 Å². The summed E-state index contributed by atoms with van der Waals surface area (Å²) in [7, 11) is -3.51. The van der Waals surface area contributed by atoms with Gasteiger partial charge in [0.25, 0.3) is 0 Å². The predicted molar refractivity (Wildman–Crippen MR) is 197 cm³/mol. The normalized spacial score (nSPS) is 13.4. The van der Waals surface area contributed by atoms with E-state index in [1.807, 2.05) is 84.9 Å². The molecule has 0 aromatic heterocycles. The Morgan fingerprint density at radius 2 is 0.833 bits per heavy atom. The van der Waals surface area contributed by atoms with Crippen LogP contribution in [0.3, 0.4) is 0 Å². The van der Waals surface area contributed by atoms with E-state index in [2.05, 4.69) is 80.6 Å². The average Bonchev–Trinajstić information content (AvgIpc) is 3.13. The van der Waals surface area contributed by atoms with Crippen molar-refractivity contribution in [3.63, 3.8) is 0 Å². The number of aryl methyl sites for hydroxylation is 2. The van der Waals surface area contributed by atoms with Crippen LogP contribution in [0.5, 0.6) is 23.0 Å². The summed E-state index contributed by atoms with van der Waals surface area (Å²) in [5.41, 5.74) is 10.2. The van der Waals surface area contributed by atoms with Gasteiger partial charge in [-0.3, -0.25) is 0 Å². The van der Waals surface area contributed by atoms with Crippen molar-refractivity contribution in [2.45, 2.75) is 13.8 Å². The number of ether oxygens (including phenoxy) is 2. The van der Waals surface area contributed by atoms with E-state index in [1.54, 1.807) is 0 Å². The van der Waals surface area contributed by atoms with E-state index in [-0.39, 0.29) is 0 Å². The quantitative estimate of drug-likeness (QED) is 0.180. The van der Waals surface area contributed by atoms with Gasteiger partial charge in [-0.05, 0) is 88.7 Å². The number of rotatable bonds is 4. The summed E-state index contributed by atoms with van der Waals surface area (Å²) in [6.45, 7) is 4.21. The molecule has 48 heavy (non-hydrogen) atoms. The minimum Gasteiger partial charge on any atom is -0.455 e. The molecule has 3 nitrogen and oxygen atoms in total. The van der Waals surface area contributed by atoms with Crippen LogP contribution >= 0.6 is 7.14 Å². The topological polar surface area (TPSA) is 35.5 Å². The zero-order valence-electron chi connectivity index (χ0n) is 26.6. The van der Waals surface area contributed by atoms with Crippen LogP contribution in [0.15, 0.2) is 152 Å². The van der Waals surface area contributed by atoms with Gasteiger partial charge >= 0.3 is 0 Å². The van der Waals surface area contributed by atoms with Crippen molar-refractivity contribution in [1.29, 1.82) is 0 Å². The third-order valence-corrected chi connectivity index (χ3v) is 12.8. The lowest BCUT2D eigenvalue weighted by Crippen LogP contribution is -2.35. The van der Waals surface area contributed by atoms with Crippen molar-refractivity contribution in [1.82, 2.24) is 0 Å². The minimum absolute atomic E-state index is 0.593. The van der Waals surface area contributed by atoms with E-state index in [9.17, 15) is 0 Å². The molecule has 0 saturated carbocycles. The highest BCUT2D eigenvalue weighted by molar-refractivity contribution is 7.86. The molecule has 0 aliphatic carbocycles. The standard InChI is InChI=1S/C44H31O3P/c1-28-13-9-11-19-34(28)36-27-37(35-20-12-10-14-29(35)2)43-44-42(36)46-38-25-32(30-15-5-3-6-16-30)21-23-40(38)48(44,45)41-24-22-33(26-39(41)47-43)31-17-7-4-8-18-31/h3-27H,1-2H3. The van der Waals surface area contributed by atoms with Crippen LogP contribution in [0.1, 0.15) is 11.1 Å². The van der Waals surface area contributed by atoms with Crippen molar-refractivity contribution in [3.05, 3.63) is 163 Å². The second-order valence-electron chi connectivity index (χ2n) is 12.5. The highest BCUT2D eigenvalue weighted by Gasteiger charge is 2.48. The Kier molecular flexibility index (Phi) is 6.54. The molecule has 7 aromatic rings. The number of fused-ring (bicyclic) bond motifs is 4. The van der Waals surface area contributed by atoms with Crippen LogP contribution in [0.25, 0.3) is 44.5 Å². The van der Waals surface area contributed by atoms with Gasteiger partial charge in [-0.1, -0.05) is 121 Å². The van der Waals surface area contributed by atoms with Gasteiger partial charge in [0.2, 0.25) is 0 Å². The lowest BCUT2D eigenvalue weighted by atomic mass is 9.92. The van der Waals surface area contributed by atoms with E-state index < -0.39 is 7.14 Å². The zero-order chi connectivity index (χ0) is 32.4. The minimum atomic E-state index is -3.51. The van der Waals surface area contributed by atoms with E-state index >= 15 is 4.57 Å². The molecule has 2 aliphatic heterocycles. The van der Waals surface area contributed by atoms with Gasteiger partial charge in [-0.15, -0.1) is 0 Å². The molecule has 2 aliphatic rings. The Labute approximate surface area is 280 Å². The first kappa shape index (κ1) is 28.6. The summed E-state index contributed by atoms with van der Waals surface area (Å²) in [4.78, 5) is 0. The maximum atomic E-state index is 16.4. The van der Waals surface area contributed by atoms with Gasteiger partial charge in [-0.2, -0.15) is 0 Å². The number of benzene rings is 7. The van der Waals surface area contributed by atoms with E-state index in [4.69, 9.17) is 9.47 Å². The van der Waals surface area contributed by atoms with E-state index in [0.717, 1.165) is 55.6 Å². The number of hydrogen-bond acceptors (Lipinski definition) is 3. The summed E-state index contributed by atoms with van der Waals surface area (Å²) in [6.07, 6.45) is 0. The van der Waals surface area contributed by atoms with Crippen LogP contribution in [0.2, 0.25) is 0 Å². The maximum Gasteiger partial charge on any atom is 0.185 e. The third kappa shape index (κ3) is 4.32. The third-order valence-electron chi connectivity index (χ3n) is 9.63. The molecule has 0 amide bonds. The molecule has 230 valence electrons. The molecular weight excluding hydrogens is 607 g/mol. The fourth-order valence-electron chi connectivity index (χ4n) is 7.20. The van der Waals surface area contributed by atoms with Crippen molar-refractivity contribution in [2.75, 3.05) is 0 Å². The van der Waals surface area contributed by atoms with Gasteiger partial charge in [-0.25, -0.2) is 0 Å². The summed E-state index contributed by atoms with van der Waals surface area (Å²) < 4.78 is 30.4. The van der Waals surface area contributed by atoms with E-state index in [0.29, 0.717) is 38.9 Å². The smallest absolute Gasteiger partial charge is 0.185 e. The van der Waals surface area contributed by atoms with Crippen molar-refractivity contribution >= 4 is 23.1 Å². The highest BCUT2D eigenvalue weighted by atomic mass is 31.2. The van der Waals surface area contributed by atoms with Crippen molar-refractivity contribution in [3.8, 4) is 67.5 Å². The molecule has 0 atom stereocenters. The summed E-state index contributed by atoms with van der Waals surface area (Å²) in [5.74, 6) is 2.40.